The molecule has 0 aliphatic rings. The van der Waals surface area contributed by atoms with E-state index >= 15 is 0 Å². The molecule has 0 amide bonds. The van der Waals surface area contributed by atoms with Crippen LogP contribution in [-0.4, -0.2) is 44.3 Å². The fourth-order valence-corrected chi connectivity index (χ4v) is 2.74. The average molecular weight is 373 g/mol. The average Bonchev–Trinajstić information content (AvgIpc) is 3.08. The third-order valence-electron chi connectivity index (χ3n) is 3.72. The van der Waals surface area contributed by atoms with Crippen molar-refractivity contribution >= 4 is 23.4 Å². The summed E-state index contributed by atoms with van der Waals surface area (Å²) in [5.41, 5.74) is 1.33. The molecule has 0 bridgehead atoms. The molecule has 3 rings (SSSR count). The van der Waals surface area contributed by atoms with Crippen LogP contribution in [-0.2, 0) is 6.54 Å². The van der Waals surface area contributed by atoms with Gasteiger partial charge in [-0.3, -0.25) is 0 Å². The largest absolute Gasteiger partial charge is 0.476 e. The summed E-state index contributed by atoms with van der Waals surface area (Å²) in [6, 6.07) is 16.4. The molecule has 1 heterocycles. The highest BCUT2D eigenvalue weighted by atomic mass is 35.5. The smallest absolute Gasteiger partial charge is 0.360 e. The number of aromatic carboxylic acids is 1. The number of carboxylic acid groups (broad SMARTS) is 1. The Morgan fingerprint density at radius 1 is 1.12 bits per heavy atom. The van der Waals surface area contributed by atoms with Crippen molar-refractivity contribution in [2.45, 2.75) is 6.54 Å². The quantitative estimate of drug-likeness (QED) is 0.662. The normalized spacial score (nSPS) is 10.7. The van der Waals surface area contributed by atoms with Crippen LogP contribution >= 0.6 is 11.6 Å². The minimum atomic E-state index is -1.19. The molecule has 26 heavy (non-hydrogen) atoms. The standard InChI is InChI=1S/C18H17ClN4O3/c19-14-7-4-8-15(11-14)23-20-16(18(25)26)17(21-23)22(9-10-24)12-13-5-2-1-3-6-13/h1-8,11,24H,9-10,12H2,(H,25,26). The lowest BCUT2D eigenvalue weighted by Gasteiger charge is -2.21. The van der Waals surface area contributed by atoms with Gasteiger partial charge in [0.1, 0.15) is 0 Å². The topological polar surface area (TPSA) is 91.5 Å². The Bertz CT molecular complexity index is 898. The van der Waals surface area contributed by atoms with Gasteiger partial charge < -0.3 is 15.1 Å². The van der Waals surface area contributed by atoms with Crippen molar-refractivity contribution in [1.29, 1.82) is 0 Å². The summed E-state index contributed by atoms with van der Waals surface area (Å²) >= 11 is 5.99. The lowest BCUT2D eigenvalue weighted by molar-refractivity contribution is 0.0690. The lowest BCUT2D eigenvalue weighted by Crippen LogP contribution is -2.28. The third-order valence-corrected chi connectivity index (χ3v) is 3.96. The maximum Gasteiger partial charge on any atom is 0.360 e. The van der Waals surface area contributed by atoms with Crippen molar-refractivity contribution in [2.24, 2.45) is 0 Å². The number of aromatic nitrogens is 3. The first kappa shape index (κ1) is 17.9. The summed E-state index contributed by atoms with van der Waals surface area (Å²) in [4.78, 5) is 14.6. The predicted octanol–water partition coefficient (Wildman–Crippen LogP) is 2.62. The molecule has 0 aliphatic carbocycles. The van der Waals surface area contributed by atoms with Crippen LogP contribution in [0.5, 0.6) is 0 Å². The molecule has 0 atom stereocenters. The SMILES string of the molecule is O=C(O)c1nn(-c2cccc(Cl)c2)nc1N(CCO)Cc1ccccc1. The molecule has 0 aliphatic heterocycles. The van der Waals surface area contributed by atoms with E-state index < -0.39 is 5.97 Å². The van der Waals surface area contributed by atoms with Gasteiger partial charge in [0.25, 0.3) is 0 Å². The van der Waals surface area contributed by atoms with Gasteiger partial charge in [-0.1, -0.05) is 48.0 Å². The third kappa shape index (κ3) is 4.01. The van der Waals surface area contributed by atoms with Crippen LogP contribution in [0, 0.1) is 0 Å². The molecule has 8 heteroatoms. The number of anilines is 1. The number of aliphatic hydroxyl groups is 1. The van der Waals surface area contributed by atoms with Crippen molar-refractivity contribution in [3.05, 3.63) is 70.9 Å². The zero-order valence-electron chi connectivity index (χ0n) is 13.8. The van der Waals surface area contributed by atoms with Crippen LogP contribution in [0.15, 0.2) is 54.6 Å². The van der Waals surface area contributed by atoms with Crippen molar-refractivity contribution in [3.8, 4) is 5.69 Å². The molecule has 0 radical (unpaired) electrons. The van der Waals surface area contributed by atoms with Gasteiger partial charge in [-0.15, -0.1) is 15.0 Å². The van der Waals surface area contributed by atoms with E-state index in [1.165, 1.54) is 4.80 Å². The maximum absolute atomic E-state index is 11.7. The van der Waals surface area contributed by atoms with E-state index in [4.69, 9.17) is 11.6 Å². The van der Waals surface area contributed by atoms with Gasteiger partial charge in [-0.2, -0.15) is 0 Å². The summed E-state index contributed by atoms with van der Waals surface area (Å²) in [5, 5.41) is 27.9. The number of halogens is 1. The van der Waals surface area contributed by atoms with Gasteiger partial charge in [0.05, 0.1) is 12.3 Å². The minimum absolute atomic E-state index is 0.143. The predicted molar refractivity (Wildman–Crippen MR) is 97.9 cm³/mol. The maximum atomic E-state index is 11.7. The van der Waals surface area contributed by atoms with Gasteiger partial charge in [-0.05, 0) is 23.8 Å². The first-order chi connectivity index (χ1) is 12.6. The Morgan fingerprint density at radius 3 is 2.54 bits per heavy atom. The molecule has 0 saturated heterocycles. The molecule has 0 saturated carbocycles. The van der Waals surface area contributed by atoms with E-state index in [2.05, 4.69) is 10.2 Å². The molecule has 1 aromatic heterocycles. The molecule has 134 valence electrons. The second-order valence-electron chi connectivity index (χ2n) is 5.58. The Morgan fingerprint density at radius 2 is 1.88 bits per heavy atom. The lowest BCUT2D eigenvalue weighted by atomic mass is 10.2. The number of benzene rings is 2. The molecule has 2 N–H and O–H groups in total. The highest BCUT2D eigenvalue weighted by molar-refractivity contribution is 6.30. The summed E-state index contributed by atoms with van der Waals surface area (Å²) in [7, 11) is 0. The van der Waals surface area contributed by atoms with Crippen LogP contribution in [0.2, 0.25) is 5.02 Å². The zero-order valence-corrected chi connectivity index (χ0v) is 14.5. The van der Waals surface area contributed by atoms with Crippen LogP contribution < -0.4 is 4.90 Å². The molecule has 2 aromatic carbocycles. The van der Waals surface area contributed by atoms with E-state index in [-0.39, 0.29) is 24.7 Å². The Balaban J connectivity index is 2.01. The highest BCUT2D eigenvalue weighted by Crippen LogP contribution is 2.21. The van der Waals surface area contributed by atoms with E-state index in [1.54, 1.807) is 29.2 Å². The molecule has 7 nitrogen and oxygen atoms in total. The molecular formula is C18H17ClN4O3. The molecule has 0 spiro atoms. The summed E-state index contributed by atoms with van der Waals surface area (Å²) in [6.45, 7) is 0.481. The van der Waals surface area contributed by atoms with Gasteiger partial charge in [-0.25, -0.2) is 4.79 Å². The number of rotatable bonds is 7. The minimum Gasteiger partial charge on any atom is -0.476 e. The van der Waals surface area contributed by atoms with Crippen molar-refractivity contribution in [3.63, 3.8) is 0 Å². The van der Waals surface area contributed by atoms with Gasteiger partial charge in [0, 0.05) is 18.1 Å². The summed E-state index contributed by atoms with van der Waals surface area (Å²) in [5.74, 6) is -1.00. The molecule has 0 unspecified atom stereocenters. The Labute approximate surface area is 155 Å². The molecule has 3 aromatic rings. The van der Waals surface area contributed by atoms with Gasteiger partial charge >= 0.3 is 5.97 Å². The van der Waals surface area contributed by atoms with E-state index in [0.29, 0.717) is 17.3 Å². The molecular weight excluding hydrogens is 356 g/mol. The van der Waals surface area contributed by atoms with Crippen LogP contribution in [0.1, 0.15) is 16.1 Å². The van der Waals surface area contributed by atoms with E-state index in [9.17, 15) is 15.0 Å². The van der Waals surface area contributed by atoms with Crippen molar-refractivity contribution in [1.82, 2.24) is 15.0 Å². The van der Waals surface area contributed by atoms with E-state index in [1.807, 2.05) is 30.3 Å². The number of hydrogen-bond acceptors (Lipinski definition) is 5. The Hall–Kier alpha value is -2.90. The Kier molecular flexibility index (Phi) is 5.50. The first-order valence-corrected chi connectivity index (χ1v) is 8.32. The second-order valence-corrected chi connectivity index (χ2v) is 6.01. The zero-order chi connectivity index (χ0) is 18.5. The number of carbonyl (C=O) groups is 1. The number of aliphatic hydroxyl groups excluding tert-OH is 1. The number of carboxylic acids is 1. The highest BCUT2D eigenvalue weighted by Gasteiger charge is 2.23. The summed E-state index contributed by atoms with van der Waals surface area (Å²) in [6.07, 6.45) is 0. The van der Waals surface area contributed by atoms with E-state index in [0.717, 1.165) is 5.56 Å². The summed E-state index contributed by atoms with van der Waals surface area (Å²) < 4.78 is 0. The van der Waals surface area contributed by atoms with Crippen LogP contribution in [0.3, 0.4) is 0 Å². The van der Waals surface area contributed by atoms with Crippen molar-refractivity contribution < 1.29 is 15.0 Å². The molecule has 0 fully saturated rings. The second kappa shape index (κ2) is 7.99. The van der Waals surface area contributed by atoms with Crippen molar-refractivity contribution in [2.75, 3.05) is 18.1 Å². The fourth-order valence-electron chi connectivity index (χ4n) is 2.55. The first-order valence-electron chi connectivity index (χ1n) is 7.95. The van der Waals surface area contributed by atoms with Gasteiger partial charge in [0.15, 0.2) is 5.82 Å². The monoisotopic (exact) mass is 372 g/mol. The number of hydrogen-bond donors (Lipinski definition) is 2. The van der Waals surface area contributed by atoms with Crippen LogP contribution in [0.4, 0.5) is 5.82 Å². The van der Waals surface area contributed by atoms with Gasteiger partial charge in [0.2, 0.25) is 5.69 Å². The fraction of sp³-hybridized carbons (Fsp3) is 0.167. The number of nitrogens with zero attached hydrogens (tertiary/aromatic N) is 4. The van der Waals surface area contributed by atoms with Crippen LogP contribution in [0.25, 0.3) is 5.69 Å².